The van der Waals surface area contributed by atoms with E-state index in [1.54, 1.807) is 11.3 Å². The molecule has 1 aromatic heterocycles. The van der Waals surface area contributed by atoms with Crippen LogP contribution < -0.4 is 5.32 Å². The van der Waals surface area contributed by atoms with Gasteiger partial charge in [0.15, 0.2) is 0 Å². The lowest BCUT2D eigenvalue weighted by atomic mass is 9.99. The SMILES string of the molecule is CC1CCN(CCNC(C)c2csc(Cl)c2)CC1. The number of likely N-dealkylation sites (tertiary alicyclic amines) is 1. The summed E-state index contributed by atoms with van der Waals surface area (Å²) in [6.07, 6.45) is 2.71. The van der Waals surface area contributed by atoms with Gasteiger partial charge in [0.25, 0.3) is 0 Å². The third kappa shape index (κ3) is 4.23. The molecule has 2 nitrogen and oxygen atoms in total. The second-order valence-electron chi connectivity index (χ2n) is 5.38. The summed E-state index contributed by atoms with van der Waals surface area (Å²) in [5.41, 5.74) is 1.30. The van der Waals surface area contributed by atoms with Crippen molar-refractivity contribution in [1.29, 1.82) is 0 Å². The number of rotatable bonds is 5. The van der Waals surface area contributed by atoms with E-state index in [0.717, 1.165) is 23.3 Å². The highest BCUT2D eigenvalue weighted by atomic mass is 35.5. The largest absolute Gasteiger partial charge is 0.309 e. The average Bonchev–Trinajstić information content (AvgIpc) is 2.78. The van der Waals surface area contributed by atoms with Crippen molar-refractivity contribution in [3.05, 3.63) is 21.3 Å². The first-order valence-corrected chi connectivity index (χ1v) is 8.10. The van der Waals surface area contributed by atoms with Gasteiger partial charge in [0.05, 0.1) is 4.34 Å². The van der Waals surface area contributed by atoms with Crippen molar-refractivity contribution in [3.8, 4) is 0 Å². The highest BCUT2D eigenvalue weighted by molar-refractivity contribution is 7.14. The van der Waals surface area contributed by atoms with Gasteiger partial charge in [-0.05, 0) is 55.8 Å². The van der Waals surface area contributed by atoms with Crippen molar-refractivity contribution < 1.29 is 0 Å². The molecule has 0 amide bonds. The van der Waals surface area contributed by atoms with Crippen molar-refractivity contribution in [2.24, 2.45) is 5.92 Å². The molecular formula is C14H23ClN2S. The van der Waals surface area contributed by atoms with E-state index in [1.807, 2.05) is 0 Å². The Morgan fingerprint density at radius 3 is 2.83 bits per heavy atom. The first-order chi connectivity index (χ1) is 8.65. The molecule has 1 fully saturated rings. The number of nitrogens with zero attached hydrogens (tertiary/aromatic N) is 1. The Kier molecular flexibility index (Phi) is 5.49. The summed E-state index contributed by atoms with van der Waals surface area (Å²) in [5, 5.41) is 5.72. The van der Waals surface area contributed by atoms with Gasteiger partial charge in [-0.2, -0.15) is 0 Å². The second-order valence-corrected chi connectivity index (χ2v) is 6.93. The van der Waals surface area contributed by atoms with Gasteiger partial charge in [0, 0.05) is 19.1 Å². The minimum absolute atomic E-state index is 0.400. The van der Waals surface area contributed by atoms with Crippen molar-refractivity contribution in [3.63, 3.8) is 0 Å². The number of nitrogens with one attached hydrogen (secondary N) is 1. The standard InChI is InChI=1S/C14H23ClN2S/c1-11-3-6-17(7-4-11)8-5-16-12(2)13-9-14(15)18-10-13/h9-12,16H,3-8H2,1-2H3. The first kappa shape index (κ1) is 14.3. The maximum Gasteiger partial charge on any atom is 0.0931 e. The van der Waals surface area contributed by atoms with Gasteiger partial charge in [-0.25, -0.2) is 0 Å². The monoisotopic (exact) mass is 286 g/mol. The number of thiophene rings is 1. The maximum absolute atomic E-state index is 5.96. The highest BCUT2D eigenvalue weighted by Crippen LogP contribution is 2.24. The Labute approximate surface area is 119 Å². The molecule has 0 spiro atoms. The van der Waals surface area contributed by atoms with Crippen LogP contribution in [0.2, 0.25) is 4.34 Å². The third-order valence-electron chi connectivity index (χ3n) is 3.84. The van der Waals surface area contributed by atoms with E-state index in [0.29, 0.717) is 6.04 Å². The topological polar surface area (TPSA) is 15.3 Å². The molecule has 0 bridgehead atoms. The van der Waals surface area contributed by atoms with Crippen LogP contribution in [0.25, 0.3) is 0 Å². The summed E-state index contributed by atoms with van der Waals surface area (Å²) < 4.78 is 0.878. The van der Waals surface area contributed by atoms with Crippen molar-refractivity contribution in [2.45, 2.75) is 32.7 Å². The van der Waals surface area contributed by atoms with Gasteiger partial charge >= 0.3 is 0 Å². The fraction of sp³-hybridized carbons (Fsp3) is 0.714. The lowest BCUT2D eigenvalue weighted by Crippen LogP contribution is -2.38. The van der Waals surface area contributed by atoms with Crippen LogP contribution in [0.4, 0.5) is 0 Å². The predicted octanol–water partition coefficient (Wildman–Crippen LogP) is 3.78. The summed E-state index contributed by atoms with van der Waals surface area (Å²) in [7, 11) is 0. The first-order valence-electron chi connectivity index (χ1n) is 6.85. The van der Waals surface area contributed by atoms with Gasteiger partial charge in [-0.15, -0.1) is 11.3 Å². The molecule has 1 atom stereocenters. The second kappa shape index (κ2) is 6.90. The van der Waals surface area contributed by atoms with Crippen LogP contribution in [0.5, 0.6) is 0 Å². The molecule has 0 aromatic carbocycles. The van der Waals surface area contributed by atoms with E-state index < -0.39 is 0 Å². The third-order valence-corrected chi connectivity index (χ3v) is 4.95. The lowest BCUT2D eigenvalue weighted by Gasteiger charge is -2.30. The van der Waals surface area contributed by atoms with Crippen LogP contribution in [0.3, 0.4) is 0 Å². The molecule has 1 aliphatic rings. The minimum atomic E-state index is 0.400. The summed E-state index contributed by atoms with van der Waals surface area (Å²) in [4.78, 5) is 2.57. The number of halogens is 1. The van der Waals surface area contributed by atoms with Crippen LogP contribution >= 0.6 is 22.9 Å². The van der Waals surface area contributed by atoms with E-state index in [-0.39, 0.29) is 0 Å². The smallest absolute Gasteiger partial charge is 0.0931 e. The zero-order chi connectivity index (χ0) is 13.0. The molecule has 1 aliphatic heterocycles. The molecule has 4 heteroatoms. The summed E-state index contributed by atoms with van der Waals surface area (Å²) in [6, 6.07) is 2.46. The molecular weight excluding hydrogens is 264 g/mol. The fourth-order valence-electron chi connectivity index (χ4n) is 2.39. The van der Waals surface area contributed by atoms with E-state index >= 15 is 0 Å². The minimum Gasteiger partial charge on any atom is -0.309 e. The van der Waals surface area contributed by atoms with Gasteiger partial charge in [0.1, 0.15) is 0 Å². The van der Waals surface area contributed by atoms with E-state index in [9.17, 15) is 0 Å². The van der Waals surface area contributed by atoms with E-state index in [1.165, 1.54) is 31.5 Å². The Bertz CT molecular complexity index is 358. The molecule has 0 saturated carbocycles. The van der Waals surface area contributed by atoms with Gasteiger partial charge in [0.2, 0.25) is 0 Å². The van der Waals surface area contributed by atoms with E-state index in [2.05, 4.69) is 35.5 Å². The van der Waals surface area contributed by atoms with Crippen molar-refractivity contribution >= 4 is 22.9 Å². The zero-order valence-corrected chi connectivity index (χ0v) is 12.9. The molecule has 2 heterocycles. The molecule has 0 aliphatic carbocycles. The van der Waals surface area contributed by atoms with Gasteiger partial charge in [-0.3, -0.25) is 0 Å². The van der Waals surface area contributed by atoms with Crippen LogP contribution in [0, 0.1) is 5.92 Å². The van der Waals surface area contributed by atoms with Crippen molar-refractivity contribution in [2.75, 3.05) is 26.2 Å². The Balaban J connectivity index is 1.66. The number of hydrogen-bond donors (Lipinski definition) is 1. The molecule has 1 aromatic rings. The van der Waals surface area contributed by atoms with Crippen LogP contribution in [-0.4, -0.2) is 31.1 Å². The summed E-state index contributed by atoms with van der Waals surface area (Å²) in [6.45, 7) is 9.32. The number of piperidine rings is 1. The lowest BCUT2D eigenvalue weighted by molar-refractivity contribution is 0.191. The Hall–Kier alpha value is -0.0900. The normalized spacial score (nSPS) is 20.2. The highest BCUT2D eigenvalue weighted by Gasteiger charge is 2.15. The average molecular weight is 287 g/mol. The van der Waals surface area contributed by atoms with Crippen LogP contribution in [0.1, 0.15) is 38.3 Å². The van der Waals surface area contributed by atoms with Crippen LogP contribution in [-0.2, 0) is 0 Å². The molecule has 1 saturated heterocycles. The zero-order valence-electron chi connectivity index (χ0n) is 11.3. The molecule has 1 unspecified atom stereocenters. The van der Waals surface area contributed by atoms with Crippen molar-refractivity contribution in [1.82, 2.24) is 10.2 Å². The maximum atomic E-state index is 5.96. The molecule has 0 radical (unpaired) electrons. The van der Waals surface area contributed by atoms with Crippen LogP contribution in [0.15, 0.2) is 11.4 Å². The Morgan fingerprint density at radius 1 is 1.50 bits per heavy atom. The Morgan fingerprint density at radius 2 is 2.22 bits per heavy atom. The quantitative estimate of drug-likeness (QED) is 0.886. The predicted molar refractivity (Wildman–Crippen MR) is 80.6 cm³/mol. The summed E-state index contributed by atoms with van der Waals surface area (Å²) >= 11 is 7.57. The fourth-order valence-corrected chi connectivity index (χ4v) is 3.38. The molecule has 2 rings (SSSR count). The summed E-state index contributed by atoms with van der Waals surface area (Å²) in [5.74, 6) is 0.918. The van der Waals surface area contributed by atoms with E-state index in [4.69, 9.17) is 11.6 Å². The molecule has 102 valence electrons. The molecule has 1 N–H and O–H groups in total. The number of hydrogen-bond acceptors (Lipinski definition) is 3. The van der Waals surface area contributed by atoms with Gasteiger partial charge < -0.3 is 10.2 Å². The molecule has 18 heavy (non-hydrogen) atoms. The van der Waals surface area contributed by atoms with Gasteiger partial charge in [-0.1, -0.05) is 18.5 Å².